The molecule has 5 nitrogen and oxygen atoms in total. The topological polar surface area (TPSA) is 64.8 Å². The minimum atomic E-state index is -0.369. The molecular formula is C18H27FN2O3. The largest absolute Gasteiger partial charge is 0.382 e. The number of carbonyl (C=O) groups is 1. The van der Waals surface area contributed by atoms with E-state index in [0.29, 0.717) is 43.3 Å². The zero-order valence-corrected chi connectivity index (χ0v) is 14.5. The summed E-state index contributed by atoms with van der Waals surface area (Å²) in [5.74, 6) is 0.114. The van der Waals surface area contributed by atoms with Crippen LogP contribution in [0.3, 0.4) is 0 Å². The van der Waals surface area contributed by atoms with E-state index in [9.17, 15) is 9.18 Å². The zero-order chi connectivity index (χ0) is 17.5. The molecule has 0 bridgehead atoms. The van der Waals surface area contributed by atoms with Crippen molar-refractivity contribution in [2.24, 2.45) is 11.7 Å². The average molecular weight is 338 g/mol. The van der Waals surface area contributed by atoms with Crippen LogP contribution in [-0.2, 0) is 16.1 Å². The third kappa shape index (κ3) is 4.75. The van der Waals surface area contributed by atoms with Gasteiger partial charge in [-0.1, -0.05) is 6.92 Å². The molecule has 2 atom stereocenters. The van der Waals surface area contributed by atoms with Crippen LogP contribution in [0, 0.1) is 11.7 Å². The van der Waals surface area contributed by atoms with Gasteiger partial charge in [0.05, 0.1) is 19.8 Å². The molecule has 0 spiro atoms. The Morgan fingerprint density at radius 1 is 1.42 bits per heavy atom. The van der Waals surface area contributed by atoms with Crippen molar-refractivity contribution in [3.8, 4) is 0 Å². The smallest absolute Gasteiger partial charge is 0.254 e. The average Bonchev–Trinajstić information content (AvgIpc) is 2.59. The van der Waals surface area contributed by atoms with Gasteiger partial charge in [0.2, 0.25) is 0 Å². The molecule has 0 aliphatic carbocycles. The number of ether oxygens (including phenoxy) is 2. The molecule has 1 amide bonds. The molecular weight excluding hydrogens is 311 g/mol. The maximum absolute atomic E-state index is 13.9. The predicted octanol–water partition coefficient (Wildman–Crippen LogP) is 2.19. The van der Waals surface area contributed by atoms with Gasteiger partial charge in [0.1, 0.15) is 5.82 Å². The van der Waals surface area contributed by atoms with Gasteiger partial charge in [0.15, 0.2) is 0 Å². The van der Waals surface area contributed by atoms with E-state index in [4.69, 9.17) is 15.2 Å². The maximum Gasteiger partial charge on any atom is 0.254 e. The van der Waals surface area contributed by atoms with Gasteiger partial charge in [-0.05, 0) is 37.0 Å². The van der Waals surface area contributed by atoms with Crippen LogP contribution in [0.2, 0.25) is 0 Å². The number of carbonyl (C=O) groups excluding carboxylic acids is 1. The Hall–Kier alpha value is -1.50. The van der Waals surface area contributed by atoms with E-state index < -0.39 is 0 Å². The molecule has 6 heteroatoms. The van der Waals surface area contributed by atoms with E-state index in [2.05, 4.69) is 6.92 Å². The molecule has 0 aromatic heterocycles. The minimum absolute atomic E-state index is 0.0488. The molecule has 2 rings (SSSR count). The highest BCUT2D eigenvalue weighted by Crippen LogP contribution is 2.24. The number of rotatable bonds is 7. The Morgan fingerprint density at radius 3 is 2.92 bits per heavy atom. The van der Waals surface area contributed by atoms with E-state index in [1.165, 1.54) is 12.1 Å². The minimum Gasteiger partial charge on any atom is -0.382 e. The van der Waals surface area contributed by atoms with E-state index in [0.717, 1.165) is 12.8 Å². The fourth-order valence-electron chi connectivity index (χ4n) is 3.05. The van der Waals surface area contributed by atoms with Crippen LogP contribution in [0.15, 0.2) is 18.2 Å². The fourth-order valence-corrected chi connectivity index (χ4v) is 3.05. The standard InChI is InChI=1S/C18H27FN2O3/c1-13-5-6-21(16(9-13)11-20)18(22)14-3-4-17(19)15(10-14)12-24-8-7-23-2/h3-4,10,13,16H,5-9,11-12,20H2,1-2H3. The summed E-state index contributed by atoms with van der Waals surface area (Å²) in [7, 11) is 1.58. The van der Waals surface area contributed by atoms with Crippen LogP contribution in [0.25, 0.3) is 0 Å². The SMILES string of the molecule is COCCOCc1cc(C(=O)N2CCC(C)CC2CN)ccc1F. The first-order valence-corrected chi connectivity index (χ1v) is 8.43. The summed E-state index contributed by atoms with van der Waals surface area (Å²) in [4.78, 5) is 14.6. The van der Waals surface area contributed by atoms with Gasteiger partial charge in [0.25, 0.3) is 5.91 Å². The normalized spacial score (nSPS) is 21.1. The Bertz CT molecular complexity index is 553. The lowest BCUT2D eigenvalue weighted by molar-refractivity contribution is 0.0567. The number of nitrogens with zero attached hydrogens (tertiary/aromatic N) is 1. The van der Waals surface area contributed by atoms with Gasteiger partial charge in [0, 0.05) is 37.4 Å². The number of methoxy groups -OCH3 is 1. The first kappa shape index (κ1) is 18.8. The Labute approximate surface area is 142 Å². The van der Waals surface area contributed by atoms with Crippen LogP contribution in [0.1, 0.15) is 35.7 Å². The summed E-state index contributed by atoms with van der Waals surface area (Å²) in [5, 5.41) is 0. The molecule has 0 saturated carbocycles. The van der Waals surface area contributed by atoms with E-state index in [1.54, 1.807) is 13.2 Å². The third-order valence-electron chi connectivity index (χ3n) is 4.49. The van der Waals surface area contributed by atoms with Crippen molar-refractivity contribution < 1.29 is 18.7 Å². The van der Waals surface area contributed by atoms with Crippen LogP contribution >= 0.6 is 0 Å². The summed E-state index contributed by atoms with van der Waals surface area (Å²) < 4.78 is 24.2. The molecule has 24 heavy (non-hydrogen) atoms. The quantitative estimate of drug-likeness (QED) is 0.774. The molecule has 1 aliphatic heterocycles. The number of likely N-dealkylation sites (tertiary alicyclic amines) is 1. The number of hydrogen-bond donors (Lipinski definition) is 1. The van der Waals surface area contributed by atoms with Crippen molar-refractivity contribution in [1.82, 2.24) is 4.90 Å². The zero-order valence-electron chi connectivity index (χ0n) is 14.5. The molecule has 0 radical (unpaired) electrons. The Morgan fingerprint density at radius 2 is 2.21 bits per heavy atom. The summed E-state index contributed by atoms with van der Waals surface area (Å²) in [6.45, 7) is 4.27. The summed E-state index contributed by atoms with van der Waals surface area (Å²) in [6, 6.07) is 4.48. The lowest BCUT2D eigenvalue weighted by Crippen LogP contribution is -2.49. The summed E-state index contributed by atoms with van der Waals surface area (Å²) >= 11 is 0. The molecule has 134 valence electrons. The van der Waals surface area contributed by atoms with Crippen LogP contribution in [0.4, 0.5) is 4.39 Å². The summed E-state index contributed by atoms with van der Waals surface area (Å²) in [6.07, 6.45) is 1.88. The van der Waals surface area contributed by atoms with Crippen LogP contribution < -0.4 is 5.73 Å². The maximum atomic E-state index is 13.9. The van der Waals surface area contributed by atoms with Crippen LogP contribution in [0.5, 0.6) is 0 Å². The van der Waals surface area contributed by atoms with Gasteiger partial charge < -0.3 is 20.1 Å². The molecule has 1 aromatic carbocycles. The number of nitrogens with two attached hydrogens (primary N) is 1. The molecule has 2 N–H and O–H groups in total. The molecule has 1 aliphatic rings. The second-order valence-corrected chi connectivity index (χ2v) is 6.37. The number of benzene rings is 1. The first-order valence-electron chi connectivity index (χ1n) is 8.43. The van der Waals surface area contributed by atoms with E-state index in [1.807, 2.05) is 4.90 Å². The van der Waals surface area contributed by atoms with Crippen molar-refractivity contribution in [2.45, 2.75) is 32.4 Å². The first-order chi connectivity index (χ1) is 11.6. The molecule has 2 unspecified atom stereocenters. The second-order valence-electron chi connectivity index (χ2n) is 6.37. The molecule has 1 heterocycles. The number of amides is 1. The van der Waals surface area contributed by atoms with E-state index >= 15 is 0 Å². The lowest BCUT2D eigenvalue weighted by atomic mass is 9.91. The number of piperidine rings is 1. The summed E-state index contributed by atoms with van der Waals surface area (Å²) in [5.41, 5.74) is 6.70. The predicted molar refractivity (Wildman–Crippen MR) is 90.2 cm³/mol. The monoisotopic (exact) mass is 338 g/mol. The van der Waals surface area contributed by atoms with Gasteiger partial charge in [-0.3, -0.25) is 4.79 Å². The van der Waals surface area contributed by atoms with Crippen molar-refractivity contribution >= 4 is 5.91 Å². The molecule has 1 aromatic rings. The van der Waals surface area contributed by atoms with Crippen LogP contribution in [-0.4, -0.2) is 50.3 Å². The van der Waals surface area contributed by atoms with Crippen molar-refractivity contribution in [3.05, 3.63) is 35.1 Å². The van der Waals surface area contributed by atoms with Gasteiger partial charge in [-0.15, -0.1) is 0 Å². The van der Waals surface area contributed by atoms with Gasteiger partial charge in [-0.2, -0.15) is 0 Å². The highest BCUT2D eigenvalue weighted by atomic mass is 19.1. The number of hydrogen-bond acceptors (Lipinski definition) is 4. The third-order valence-corrected chi connectivity index (χ3v) is 4.49. The lowest BCUT2D eigenvalue weighted by Gasteiger charge is -2.38. The van der Waals surface area contributed by atoms with Gasteiger partial charge >= 0.3 is 0 Å². The molecule has 1 fully saturated rings. The van der Waals surface area contributed by atoms with E-state index in [-0.39, 0.29) is 24.4 Å². The fraction of sp³-hybridized carbons (Fsp3) is 0.611. The highest BCUT2D eigenvalue weighted by Gasteiger charge is 2.29. The molecule has 1 saturated heterocycles. The number of halogens is 1. The van der Waals surface area contributed by atoms with Crippen molar-refractivity contribution in [3.63, 3.8) is 0 Å². The Kier molecular flexibility index (Phi) is 7.15. The van der Waals surface area contributed by atoms with Crippen molar-refractivity contribution in [2.75, 3.05) is 33.4 Å². The second kappa shape index (κ2) is 9.11. The highest BCUT2D eigenvalue weighted by molar-refractivity contribution is 5.94. The van der Waals surface area contributed by atoms with Crippen molar-refractivity contribution in [1.29, 1.82) is 0 Å². The Balaban J connectivity index is 2.08. The van der Waals surface area contributed by atoms with Gasteiger partial charge in [-0.25, -0.2) is 4.39 Å².